The molecule has 0 aromatic rings. The number of hydrogen-bond donors (Lipinski definition) is 2. The number of amides is 1. The van der Waals surface area contributed by atoms with E-state index in [9.17, 15) is 9.18 Å². The second kappa shape index (κ2) is 15.5. The van der Waals surface area contributed by atoms with Crippen molar-refractivity contribution in [2.45, 2.75) is 39.0 Å². The van der Waals surface area contributed by atoms with E-state index >= 15 is 0 Å². The average Bonchev–Trinajstić information content (AvgIpc) is 2.60. The third-order valence-electron chi connectivity index (χ3n) is 3.50. The molecule has 0 spiro atoms. The molecule has 0 aliphatic heterocycles. The molecular weight excluding hydrogens is 331 g/mol. The van der Waals surface area contributed by atoms with E-state index in [2.05, 4.69) is 10.6 Å². The predicted octanol–water partition coefficient (Wildman–Crippen LogP) is 0.915. The molecule has 1 amide bonds. The summed E-state index contributed by atoms with van der Waals surface area (Å²) in [6.07, 6.45) is -0.944. The highest BCUT2D eigenvalue weighted by Gasteiger charge is 2.30. The molecule has 2 N–H and O–H groups in total. The van der Waals surface area contributed by atoms with Crippen LogP contribution in [0.1, 0.15) is 27.2 Å². The van der Waals surface area contributed by atoms with Gasteiger partial charge < -0.3 is 29.6 Å². The van der Waals surface area contributed by atoms with Crippen LogP contribution < -0.4 is 10.6 Å². The summed E-state index contributed by atoms with van der Waals surface area (Å²) in [6.45, 7) is 9.15. The second-order valence-electron chi connectivity index (χ2n) is 6.02. The summed E-state index contributed by atoms with van der Waals surface area (Å²) < 4.78 is 35.6. The van der Waals surface area contributed by atoms with Gasteiger partial charge in [0.1, 0.15) is 6.17 Å². The Morgan fingerprint density at radius 2 is 1.52 bits per heavy atom. The zero-order valence-corrected chi connectivity index (χ0v) is 16.1. The van der Waals surface area contributed by atoms with Gasteiger partial charge in [-0.05, 0) is 20.9 Å². The molecule has 7 nitrogen and oxygen atoms in total. The summed E-state index contributed by atoms with van der Waals surface area (Å²) >= 11 is 0. The summed E-state index contributed by atoms with van der Waals surface area (Å²) in [4.78, 5) is 11.2. The van der Waals surface area contributed by atoms with Gasteiger partial charge in [-0.15, -0.1) is 0 Å². The van der Waals surface area contributed by atoms with E-state index < -0.39 is 11.8 Å². The van der Waals surface area contributed by atoms with Gasteiger partial charge in [0.2, 0.25) is 5.91 Å². The van der Waals surface area contributed by atoms with Gasteiger partial charge in [0.25, 0.3) is 0 Å². The number of halogens is 1. The molecule has 0 aromatic heterocycles. The summed E-state index contributed by atoms with van der Waals surface area (Å²) in [6, 6.07) is 0. The fourth-order valence-electron chi connectivity index (χ4n) is 1.74. The van der Waals surface area contributed by atoms with E-state index in [1.54, 1.807) is 20.8 Å². The maximum Gasteiger partial charge on any atom is 0.219 e. The van der Waals surface area contributed by atoms with Crippen LogP contribution in [0.2, 0.25) is 0 Å². The van der Waals surface area contributed by atoms with Gasteiger partial charge in [-0.2, -0.15) is 0 Å². The fraction of sp³-hybridized carbons (Fsp3) is 0.941. The van der Waals surface area contributed by atoms with Crippen LogP contribution in [-0.2, 0) is 23.7 Å². The SMILES string of the molecule is CCC(=O)NCC(F)C(C)(C)OCCOCCOCCOCCNC. The van der Waals surface area contributed by atoms with Crippen LogP contribution >= 0.6 is 0 Å². The largest absolute Gasteiger partial charge is 0.378 e. The third-order valence-corrected chi connectivity index (χ3v) is 3.50. The first kappa shape index (κ1) is 24.2. The van der Waals surface area contributed by atoms with E-state index in [1.165, 1.54) is 0 Å². The number of likely N-dealkylation sites (N-methyl/N-ethyl adjacent to an activating group) is 1. The van der Waals surface area contributed by atoms with Crippen LogP contribution in [0.25, 0.3) is 0 Å². The summed E-state index contributed by atoms with van der Waals surface area (Å²) in [5.74, 6) is -0.172. The molecule has 0 saturated heterocycles. The fourth-order valence-corrected chi connectivity index (χ4v) is 1.74. The number of ether oxygens (including phenoxy) is 4. The molecule has 1 atom stereocenters. The lowest BCUT2D eigenvalue weighted by atomic mass is 10.0. The molecule has 0 rings (SSSR count). The Balaban J connectivity index is 3.51. The van der Waals surface area contributed by atoms with E-state index in [0.29, 0.717) is 46.1 Å². The van der Waals surface area contributed by atoms with Crippen LogP contribution in [0.4, 0.5) is 4.39 Å². The number of nitrogens with one attached hydrogen (secondary N) is 2. The molecule has 25 heavy (non-hydrogen) atoms. The Morgan fingerprint density at radius 3 is 2.04 bits per heavy atom. The number of carbonyl (C=O) groups is 1. The normalized spacial score (nSPS) is 13.0. The zero-order valence-electron chi connectivity index (χ0n) is 16.1. The van der Waals surface area contributed by atoms with Gasteiger partial charge in [-0.25, -0.2) is 4.39 Å². The van der Waals surface area contributed by atoms with Crippen LogP contribution in [0.15, 0.2) is 0 Å². The molecule has 0 radical (unpaired) electrons. The molecule has 0 aliphatic rings. The van der Waals surface area contributed by atoms with Gasteiger partial charge in [0.05, 0.1) is 58.4 Å². The van der Waals surface area contributed by atoms with Crippen molar-refractivity contribution in [2.75, 3.05) is 66.4 Å². The van der Waals surface area contributed by atoms with Gasteiger partial charge in [0, 0.05) is 13.0 Å². The number of alkyl halides is 1. The number of hydrogen-bond acceptors (Lipinski definition) is 6. The standard InChI is InChI=1S/C17H35FN2O5/c1-5-16(21)20-14-15(18)17(2,3)25-13-12-24-11-10-23-9-8-22-7-6-19-4/h15,19H,5-14H2,1-4H3,(H,20,21). The molecule has 1 unspecified atom stereocenters. The van der Waals surface area contributed by atoms with E-state index in [0.717, 1.165) is 6.54 Å². The Morgan fingerprint density at radius 1 is 1.00 bits per heavy atom. The van der Waals surface area contributed by atoms with Crippen LogP contribution in [0, 0.1) is 0 Å². The molecule has 0 heterocycles. The molecule has 0 saturated carbocycles. The molecule has 0 aromatic carbocycles. The van der Waals surface area contributed by atoms with Gasteiger partial charge >= 0.3 is 0 Å². The second-order valence-corrected chi connectivity index (χ2v) is 6.02. The van der Waals surface area contributed by atoms with Crippen molar-refractivity contribution in [3.63, 3.8) is 0 Å². The quantitative estimate of drug-likeness (QED) is 0.373. The van der Waals surface area contributed by atoms with Crippen LogP contribution in [0.5, 0.6) is 0 Å². The summed E-state index contributed by atoms with van der Waals surface area (Å²) in [7, 11) is 1.88. The molecule has 0 fully saturated rings. The van der Waals surface area contributed by atoms with Gasteiger partial charge in [-0.3, -0.25) is 4.79 Å². The van der Waals surface area contributed by atoms with Crippen molar-refractivity contribution in [1.29, 1.82) is 0 Å². The maximum atomic E-state index is 14.1. The van der Waals surface area contributed by atoms with E-state index in [1.807, 2.05) is 7.05 Å². The topological polar surface area (TPSA) is 78.1 Å². The molecule has 150 valence electrons. The Kier molecular flexibility index (Phi) is 15.0. The van der Waals surface area contributed by atoms with Gasteiger partial charge in [0.15, 0.2) is 0 Å². The van der Waals surface area contributed by atoms with E-state index in [-0.39, 0.29) is 19.1 Å². The van der Waals surface area contributed by atoms with Gasteiger partial charge in [-0.1, -0.05) is 6.92 Å². The minimum absolute atomic E-state index is 0.0508. The molecular formula is C17H35FN2O5. The van der Waals surface area contributed by atoms with E-state index in [4.69, 9.17) is 18.9 Å². The first-order chi connectivity index (χ1) is 11.9. The van der Waals surface area contributed by atoms with Crippen molar-refractivity contribution < 1.29 is 28.1 Å². The minimum Gasteiger partial charge on any atom is -0.378 e. The van der Waals surface area contributed by atoms with Crippen molar-refractivity contribution in [2.24, 2.45) is 0 Å². The monoisotopic (exact) mass is 366 g/mol. The number of carbonyl (C=O) groups excluding carboxylic acids is 1. The Labute approximate surface area is 150 Å². The Bertz CT molecular complexity index is 332. The first-order valence-electron chi connectivity index (χ1n) is 8.86. The summed E-state index contributed by atoms with van der Waals surface area (Å²) in [5, 5.41) is 5.52. The third kappa shape index (κ3) is 14.1. The van der Waals surface area contributed by atoms with Crippen molar-refractivity contribution in [3.05, 3.63) is 0 Å². The highest BCUT2D eigenvalue weighted by atomic mass is 19.1. The highest BCUT2D eigenvalue weighted by molar-refractivity contribution is 5.75. The Hall–Kier alpha value is -0.800. The van der Waals surface area contributed by atoms with Crippen molar-refractivity contribution >= 4 is 5.91 Å². The lowest BCUT2D eigenvalue weighted by Crippen LogP contribution is -2.44. The first-order valence-corrected chi connectivity index (χ1v) is 8.86. The molecule has 0 bridgehead atoms. The zero-order chi connectivity index (χ0) is 19.0. The van der Waals surface area contributed by atoms with Crippen molar-refractivity contribution in [3.8, 4) is 0 Å². The van der Waals surface area contributed by atoms with Crippen LogP contribution in [-0.4, -0.2) is 84.1 Å². The maximum absolute atomic E-state index is 14.1. The smallest absolute Gasteiger partial charge is 0.219 e. The van der Waals surface area contributed by atoms with Crippen LogP contribution in [0.3, 0.4) is 0 Å². The lowest BCUT2D eigenvalue weighted by molar-refractivity contribution is -0.122. The highest BCUT2D eigenvalue weighted by Crippen LogP contribution is 2.17. The predicted molar refractivity (Wildman–Crippen MR) is 94.6 cm³/mol. The van der Waals surface area contributed by atoms with Crippen molar-refractivity contribution in [1.82, 2.24) is 10.6 Å². The summed E-state index contributed by atoms with van der Waals surface area (Å²) in [5.41, 5.74) is -0.981. The average molecular weight is 366 g/mol. The lowest BCUT2D eigenvalue weighted by Gasteiger charge is -2.29. The molecule has 0 aliphatic carbocycles. The number of rotatable bonds is 17. The molecule has 8 heteroatoms. The minimum atomic E-state index is -1.28.